The number of rotatable bonds is 8. The van der Waals surface area contributed by atoms with Crippen molar-refractivity contribution < 1.29 is 19.8 Å². The van der Waals surface area contributed by atoms with Gasteiger partial charge < -0.3 is 20.4 Å². The molecule has 158 valence electrons. The Kier molecular flexibility index (Phi) is 7.96. The highest BCUT2D eigenvalue weighted by atomic mass is 35.5. The maximum atomic E-state index is 13.0. The Labute approximate surface area is 176 Å². The maximum Gasteiger partial charge on any atom is 0.254 e. The van der Waals surface area contributed by atoms with Gasteiger partial charge in [-0.2, -0.15) is 0 Å². The van der Waals surface area contributed by atoms with Crippen molar-refractivity contribution >= 4 is 34.8 Å². The van der Waals surface area contributed by atoms with Gasteiger partial charge in [-0.05, 0) is 51.0 Å². The Morgan fingerprint density at radius 3 is 2.34 bits per heavy atom. The number of benzene rings is 1. The van der Waals surface area contributed by atoms with Crippen molar-refractivity contribution in [3.63, 3.8) is 0 Å². The van der Waals surface area contributed by atoms with E-state index in [4.69, 9.17) is 11.6 Å². The largest absolute Gasteiger partial charge is 0.395 e. The predicted molar refractivity (Wildman–Crippen MR) is 115 cm³/mol. The van der Waals surface area contributed by atoms with Gasteiger partial charge in [-0.25, -0.2) is 4.99 Å². The first kappa shape index (κ1) is 23.1. The summed E-state index contributed by atoms with van der Waals surface area (Å²) in [6.45, 7) is 7.75. The third-order valence-electron chi connectivity index (χ3n) is 5.10. The second kappa shape index (κ2) is 10.0. The van der Waals surface area contributed by atoms with E-state index >= 15 is 0 Å². The van der Waals surface area contributed by atoms with Crippen molar-refractivity contribution in [1.82, 2.24) is 5.32 Å². The zero-order chi connectivity index (χ0) is 21.7. The lowest BCUT2D eigenvalue weighted by molar-refractivity contribution is -0.120. The van der Waals surface area contributed by atoms with Crippen LogP contribution >= 0.6 is 11.6 Å². The molecule has 0 bridgehead atoms. The summed E-state index contributed by atoms with van der Waals surface area (Å²) in [6.07, 6.45) is 1.84. The number of nitrogens with zero attached hydrogens (tertiary/aromatic N) is 2. The lowest BCUT2D eigenvalue weighted by Gasteiger charge is -2.27. The van der Waals surface area contributed by atoms with E-state index in [2.05, 4.69) is 10.3 Å². The molecule has 0 spiro atoms. The topological polar surface area (TPSA) is 102 Å². The van der Waals surface area contributed by atoms with Gasteiger partial charge in [0, 0.05) is 41.6 Å². The number of carbonyl (C=O) groups excluding carboxylic acids is 2. The molecule has 0 saturated carbocycles. The maximum absolute atomic E-state index is 13.0. The lowest BCUT2D eigenvalue weighted by Crippen LogP contribution is -2.36. The molecule has 0 radical (unpaired) electrons. The Bertz CT molecular complexity index is 858. The number of halogens is 1. The molecule has 2 rings (SSSR count). The summed E-state index contributed by atoms with van der Waals surface area (Å²) >= 11 is 6.38. The zero-order valence-corrected chi connectivity index (χ0v) is 18.0. The van der Waals surface area contributed by atoms with Crippen molar-refractivity contribution in [2.24, 2.45) is 10.9 Å². The first-order chi connectivity index (χ1) is 13.7. The molecule has 1 aromatic rings. The number of aliphatic imine (C=N–C) groups is 1. The minimum absolute atomic E-state index is 0.0954. The summed E-state index contributed by atoms with van der Waals surface area (Å²) in [5.74, 6) is -1.08. The van der Waals surface area contributed by atoms with E-state index in [0.717, 1.165) is 5.57 Å². The molecule has 7 nitrogen and oxygen atoms in total. The van der Waals surface area contributed by atoms with Gasteiger partial charge in [0.1, 0.15) is 0 Å². The van der Waals surface area contributed by atoms with Crippen molar-refractivity contribution in [3.8, 4) is 0 Å². The van der Waals surface area contributed by atoms with E-state index in [0.29, 0.717) is 46.2 Å². The second-order valence-corrected chi connectivity index (χ2v) is 7.59. The third kappa shape index (κ3) is 5.23. The van der Waals surface area contributed by atoms with Gasteiger partial charge in [-0.15, -0.1) is 0 Å². The fraction of sp³-hybridized carbons (Fsp3) is 0.476. The third-order valence-corrected chi connectivity index (χ3v) is 5.49. The molecule has 0 aromatic heterocycles. The van der Waals surface area contributed by atoms with Gasteiger partial charge in [0.05, 0.1) is 19.1 Å². The number of nitrogens with one attached hydrogen (secondary N) is 1. The Morgan fingerprint density at radius 1 is 1.17 bits per heavy atom. The number of carbonyl (C=O) groups is 2. The van der Waals surface area contributed by atoms with Crippen LogP contribution in [-0.2, 0) is 4.79 Å². The average Bonchev–Trinajstić information content (AvgIpc) is 2.64. The van der Waals surface area contributed by atoms with Crippen LogP contribution in [0.2, 0.25) is 5.02 Å². The molecule has 1 aromatic carbocycles. The Morgan fingerprint density at radius 2 is 1.79 bits per heavy atom. The van der Waals surface area contributed by atoms with Crippen LogP contribution in [0.5, 0.6) is 0 Å². The van der Waals surface area contributed by atoms with E-state index in [1.807, 2.05) is 13.0 Å². The van der Waals surface area contributed by atoms with E-state index < -0.39 is 5.92 Å². The number of allylic oxidation sites excluding steroid dienone is 1. The number of aliphatic hydroxyl groups excluding tert-OH is 2. The highest BCUT2D eigenvalue weighted by molar-refractivity contribution is 6.32. The lowest BCUT2D eigenvalue weighted by atomic mass is 9.95. The van der Waals surface area contributed by atoms with Gasteiger partial charge in [0.2, 0.25) is 0 Å². The first-order valence-corrected chi connectivity index (χ1v) is 9.90. The summed E-state index contributed by atoms with van der Waals surface area (Å²) in [6, 6.07) is 1.74. The average molecular weight is 422 g/mol. The van der Waals surface area contributed by atoms with Crippen LogP contribution in [0.1, 0.15) is 35.3 Å². The number of anilines is 1. The van der Waals surface area contributed by atoms with Crippen LogP contribution in [0, 0.1) is 19.8 Å². The molecule has 8 heteroatoms. The number of hydrogen-bond donors (Lipinski definition) is 3. The molecular weight excluding hydrogens is 394 g/mol. The Hall–Kier alpha value is -2.22. The number of dihydropyridines is 1. The van der Waals surface area contributed by atoms with Crippen LogP contribution in [0.15, 0.2) is 22.7 Å². The number of hydrogen-bond acceptors (Lipinski definition) is 5. The fourth-order valence-electron chi connectivity index (χ4n) is 3.57. The van der Waals surface area contributed by atoms with E-state index in [-0.39, 0.29) is 31.6 Å². The van der Waals surface area contributed by atoms with Crippen molar-refractivity contribution in [2.75, 3.05) is 37.7 Å². The van der Waals surface area contributed by atoms with Gasteiger partial charge in [0.25, 0.3) is 11.8 Å². The van der Waals surface area contributed by atoms with E-state index in [9.17, 15) is 19.8 Å². The molecule has 29 heavy (non-hydrogen) atoms. The number of amides is 2. The highest BCUT2D eigenvalue weighted by Crippen LogP contribution is 2.32. The minimum Gasteiger partial charge on any atom is -0.395 e. The molecule has 3 N–H and O–H groups in total. The van der Waals surface area contributed by atoms with Crippen molar-refractivity contribution in [1.29, 1.82) is 0 Å². The molecule has 1 aliphatic rings. The van der Waals surface area contributed by atoms with Crippen LogP contribution in [0.25, 0.3) is 0 Å². The normalized spacial score (nSPS) is 16.4. The molecule has 0 saturated heterocycles. The molecule has 1 atom stereocenters. The predicted octanol–water partition coefficient (Wildman–Crippen LogP) is 2.04. The monoisotopic (exact) mass is 421 g/mol. The summed E-state index contributed by atoms with van der Waals surface area (Å²) < 4.78 is 0. The smallest absolute Gasteiger partial charge is 0.254 e. The van der Waals surface area contributed by atoms with Crippen LogP contribution in [-0.4, -0.2) is 60.6 Å². The van der Waals surface area contributed by atoms with E-state index in [1.165, 1.54) is 0 Å². The Balaban J connectivity index is 2.30. The molecule has 1 aliphatic heterocycles. The molecule has 0 aliphatic carbocycles. The van der Waals surface area contributed by atoms with Gasteiger partial charge in [-0.3, -0.25) is 9.59 Å². The van der Waals surface area contributed by atoms with Crippen LogP contribution in [0.4, 0.5) is 5.69 Å². The molecule has 2 amide bonds. The fourth-order valence-corrected chi connectivity index (χ4v) is 3.77. The van der Waals surface area contributed by atoms with Crippen molar-refractivity contribution in [3.05, 3.63) is 39.4 Å². The summed E-state index contributed by atoms with van der Waals surface area (Å²) in [5.41, 5.74) is 3.96. The quantitative estimate of drug-likeness (QED) is 0.596. The molecular formula is C21H28ClN3O4. The highest BCUT2D eigenvalue weighted by Gasteiger charge is 2.26. The van der Waals surface area contributed by atoms with Crippen molar-refractivity contribution in [2.45, 2.75) is 27.7 Å². The van der Waals surface area contributed by atoms with Gasteiger partial charge >= 0.3 is 0 Å². The molecule has 1 heterocycles. The first-order valence-electron chi connectivity index (χ1n) is 9.53. The summed E-state index contributed by atoms with van der Waals surface area (Å²) in [4.78, 5) is 30.9. The standard InChI is InChI=1S/C21H28ClN3O4/c1-12-9-13(2)24-20(28)16(12)11-23-21(29)19-14(3)17(22)10-18(15(19)4)25(5-7-26)6-8-27/h9-10,16,26-27H,5-8,11H2,1-4H3,(H,23,29). The van der Waals surface area contributed by atoms with Gasteiger partial charge in [0.15, 0.2) is 0 Å². The van der Waals surface area contributed by atoms with E-state index in [1.54, 1.807) is 31.7 Å². The molecule has 1 unspecified atom stereocenters. The summed E-state index contributed by atoms with van der Waals surface area (Å²) in [5, 5.41) is 21.9. The second-order valence-electron chi connectivity index (χ2n) is 7.18. The minimum atomic E-state index is -0.484. The number of aliphatic hydroxyl groups is 2. The van der Waals surface area contributed by atoms with Crippen LogP contribution in [0.3, 0.4) is 0 Å². The zero-order valence-electron chi connectivity index (χ0n) is 17.3. The summed E-state index contributed by atoms with van der Waals surface area (Å²) in [7, 11) is 0. The SMILES string of the molecule is CC1=CC(C)=NC(=O)C1CNC(=O)c1c(C)c(Cl)cc(N(CCO)CCO)c1C. The van der Waals surface area contributed by atoms with Gasteiger partial charge in [-0.1, -0.05) is 17.2 Å². The van der Waals surface area contributed by atoms with Crippen LogP contribution < -0.4 is 10.2 Å². The molecule has 0 fully saturated rings.